The van der Waals surface area contributed by atoms with Crippen LogP contribution in [-0.4, -0.2) is 44.2 Å². The van der Waals surface area contributed by atoms with E-state index in [0.29, 0.717) is 24.4 Å². The highest BCUT2D eigenvalue weighted by atomic mass is 32.2. The van der Waals surface area contributed by atoms with Crippen LogP contribution in [0, 0.1) is 5.92 Å². The van der Waals surface area contributed by atoms with Crippen molar-refractivity contribution >= 4 is 23.2 Å². The summed E-state index contributed by atoms with van der Waals surface area (Å²) in [5.41, 5.74) is 0.868. The van der Waals surface area contributed by atoms with Crippen LogP contribution in [0.1, 0.15) is 51.7 Å². The van der Waals surface area contributed by atoms with Gasteiger partial charge in [0.25, 0.3) is 5.92 Å². The fourth-order valence-electron chi connectivity index (χ4n) is 2.72. The van der Waals surface area contributed by atoms with Gasteiger partial charge in [-0.3, -0.25) is 0 Å². The van der Waals surface area contributed by atoms with Crippen molar-refractivity contribution in [1.29, 1.82) is 0 Å². The van der Waals surface area contributed by atoms with Crippen LogP contribution in [-0.2, 0) is 17.3 Å². The molecule has 8 heteroatoms. The number of rotatable bonds is 6. The van der Waals surface area contributed by atoms with Gasteiger partial charge in [0.1, 0.15) is 16.1 Å². The first kappa shape index (κ1) is 21.6. The molecule has 1 saturated heterocycles. The van der Waals surface area contributed by atoms with Crippen LogP contribution < -0.4 is 0 Å². The van der Waals surface area contributed by atoms with Crippen LogP contribution in [0.3, 0.4) is 0 Å². The molecule has 0 aliphatic carbocycles. The minimum atomic E-state index is -3.01. The Hall–Kier alpha value is -1.67. The first-order valence-corrected chi connectivity index (χ1v) is 9.95. The minimum absolute atomic E-state index is 0.0207. The number of amides is 1. The number of likely N-dealkylation sites (tertiary alicyclic amines) is 1. The van der Waals surface area contributed by atoms with Crippen LogP contribution in [0.4, 0.5) is 13.6 Å². The number of hydrogen-bond acceptors (Lipinski definition) is 3. The molecule has 1 atom stereocenters. The molecule has 150 valence electrons. The minimum Gasteiger partial charge on any atom is -0.591 e. The molecule has 1 aromatic rings. The molecule has 1 aliphatic rings. The molecule has 0 saturated carbocycles. The Morgan fingerprint density at radius 2 is 2.00 bits per heavy atom. The van der Waals surface area contributed by atoms with Crippen molar-refractivity contribution < 1.29 is 23.2 Å². The quantitative estimate of drug-likeness (QED) is 0.567. The van der Waals surface area contributed by atoms with Crippen molar-refractivity contribution in [1.82, 2.24) is 4.90 Å². The number of nitrogens with zero attached hydrogens (tertiary/aromatic N) is 2. The first-order valence-electron chi connectivity index (χ1n) is 8.84. The molecule has 1 heterocycles. The molecule has 27 heavy (non-hydrogen) atoms. The van der Waals surface area contributed by atoms with E-state index in [1.165, 1.54) is 17.0 Å². The molecule has 0 spiro atoms. The van der Waals surface area contributed by atoms with Crippen molar-refractivity contribution in [3.05, 3.63) is 35.4 Å². The van der Waals surface area contributed by atoms with Gasteiger partial charge in [0.2, 0.25) is 0 Å². The van der Waals surface area contributed by atoms with E-state index in [0.717, 1.165) is 0 Å². The predicted molar refractivity (Wildman–Crippen MR) is 103 cm³/mol. The lowest BCUT2D eigenvalue weighted by Gasteiger charge is -2.37. The van der Waals surface area contributed by atoms with Crippen molar-refractivity contribution in [2.24, 2.45) is 10.3 Å². The Balaban J connectivity index is 2.04. The second-order valence-electron chi connectivity index (χ2n) is 7.92. The Morgan fingerprint density at radius 3 is 2.56 bits per heavy atom. The van der Waals surface area contributed by atoms with Gasteiger partial charge in [0.05, 0.1) is 5.71 Å². The maximum absolute atomic E-state index is 14.6. The summed E-state index contributed by atoms with van der Waals surface area (Å²) in [6, 6.07) is 5.99. The predicted octanol–water partition coefficient (Wildman–Crippen LogP) is 4.44. The second-order valence-corrected chi connectivity index (χ2v) is 9.82. The summed E-state index contributed by atoms with van der Waals surface area (Å²) in [7, 11) is 0. The molecular formula is C19H26F2N2O3S. The van der Waals surface area contributed by atoms with E-state index in [2.05, 4.69) is 4.40 Å². The van der Waals surface area contributed by atoms with Crippen LogP contribution in [0.2, 0.25) is 0 Å². The second kappa shape index (κ2) is 8.14. The highest BCUT2D eigenvalue weighted by molar-refractivity contribution is 7.91. The van der Waals surface area contributed by atoms with Crippen molar-refractivity contribution in [2.75, 3.05) is 13.1 Å². The Morgan fingerprint density at radius 1 is 1.37 bits per heavy atom. The van der Waals surface area contributed by atoms with Crippen molar-refractivity contribution in [2.45, 2.75) is 51.2 Å². The molecule has 1 N–H and O–H groups in total. The third kappa shape index (κ3) is 5.65. The third-order valence-electron chi connectivity index (χ3n) is 4.54. The third-order valence-corrected chi connectivity index (χ3v) is 6.03. The molecule has 0 bridgehead atoms. The number of alkyl halides is 2. The van der Waals surface area contributed by atoms with Crippen LogP contribution in [0.25, 0.3) is 0 Å². The van der Waals surface area contributed by atoms with Gasteiger partial charge >= 0.3 is 6.09 Å². The number of carbonyl (C=O) groups is 1. The van der Waals surface area contributed by atoms with Gasteiger partial charge in [0.15, 0.2) is 0 Å². The molecule has 1 unspecified atom stereocenters. The number of halogens is 2. The zero-order valence-corrected chi connectivity index (χ0v) is 16.9. The summed E-state index contributed by atoms with van der Waals surface area (Å²) in [5, 5.41) is 8.80. The lowest BCUT2D eigenvalue weighted by atomic mass is 9.91. The van der Waals surface area contributed by atoms with Crippen LogP contribution in [0.5, 0.6) is 0 Å². The Labute approximate surface area is 161 Å². The number of hydrogen-bond donors (Lipinski definition) is 1. The van der Waals surface area contributed by atoms with Crippen molar-refractivity contribution in [3.63, 3.8) is 0 Å². The van der Waals surface area contributed by atoms with E-state index < -0.39 is 28.1 Å². The molecule has 1 fully saturated rings. The Bertz CT molecular complexity index is 713. The molecule has 2 rings (SSSR count). The molecule has 1 aromatic carbocycles. The molecule has 1 aliphatic heterocycles. The van der Waals surface area contributed by atoms with E-state index in [9.17, 15) is 18.1 Å². The number of benzene rings is 1. The summed E-state index contributed by atoms with van der Waals surface area (Å²) in [4.78, 5) is 12.0. The lowest BCUT2D eigenvalue weighted by Crippen LogP contribution is -2.49. The number of carboxylic acid groups (broad SMARTS) is 1. The smallest absolute Gasteiger partial charge is 0.407 e. The van der Waals surface area contributed by atoms with Gasteiger partial charge in [-0.1, -0.05) is 22.6 Å². The van der Waals surface area contributed by atoms with Crippen LogP contribution >= 0.6 is 0 Å². The van der Waals surface area contributed by atoms with Gasteiger partial charge in [-0.25, -0.2) is 13.6 Å². The van der Waals surface area contributed by atoms with Gasteiger partial charge < -0.3 is 14.6 Å². The summed E-state index contributed by atoms with van der Waals surface area (Å²) >= 11 is -1.46. The highest BCUT2D eigenvalue weighted by Crippen LogP contribution is 2.36. The lowest BCUT2D eigenvalue weighted by molar-refractivity contribution is -0.0272. The highest BCUT2D eigenvalue weighted by Gasteiger charge is 2.36. The fraction of sp³-hybridized carbons (Fsp3) is 0.579. The van der Waals surface area contributed by atoms with E-state index >= 15 is 0 Å². The van der Waals surface area contributed by atoms with Crippen LogP contribution in [0.15, 0.2) is 28.7 Å². The molecule has 0 radical (unpaired) electrons. The average molecular weight is 400 g/mol. The largest absolute Gasteiger partial charge is 0.591 e. The molecule has 5 nitrogen and oxygen atoms in total. The standard InChI is InChI=1S/C19H26F2N2O3S/c1-13(22-27(26)18(2,3)4)15-6-5-7-16(10-15)19(20,21)9-8-14-11-23(12-14)17(24)25/h5-7,10,14H,8-9,11-12H2,1-4H3,(H,24,25)/b22-13+. The van der Waals surface area contributed by atoms with Gasteiger partial charge in [0, 0.05) is 30.6 Å². The van der Waals surface area contributed by atoms with Crippen molar-refractivity contribution in [3.8, 4) is 0 Å². The summed E-state index contributed by atoms with van der Waals surface area (Å²) in [6.07, 6.45) is -1.08. The monoisotopic (exact) mass is 400 g/mol. The van der Waals surface area contributed by atoms with Gasteiger partial charge in [-0.05, 0) is 46.1 Å². The first-order chi connectivity index (χ1) is 12.4. The zero-order valence-electron chi connectivity index (χ0n) is 16.0. The summed E-state index contributed by atoms with van der Waals surface area (Å²) in [5.74, 6) is -3.03. The van der Waals surface area contributed by atoms with E-state index in [-0.39, 0.29) is 24.3 Å². The zero-order chi connectivity index (χ0) is 20.4. The average Bonchev–Trinajstić information content (AvgIpc) is 2.52. The van der Waals surface area contributed by atoms with E-state index in [1.54, 1.807) is 39.8 Å². The summed E-state index contributed by atoms with van der Waals surface area (Å²) < 4.78 is 45.0. The van der Waals surface area contributed by atoms with E-state index in [1.807, 2.05) is 0 Å². The molecule has 1 amide bonds. The maximum Gasteiger partial charge on any atom is 0.407 e. The normalized spacial score (nSPS) is 17.6. The SMILES string of the molecule is C/C(=N\[S+]([O-])C(C)(C)C)c1cccc(C(F)(F)CCC2CN(C(=O)O)C2)c1. The fourth-order valence-corrected chi connectivity index (χ4v) is 3.35. The maximum atomic E-state index is 14.6. The van der Waals surface area contributed by atoms with Gasteiger partial charge in [-0.15, -0.1) is 0 Å². The molecule has 0 aromatic heterocycles. The summed E-state index contributed by atoms with van der Waals surface area (Å²) in [6.45, 7) is 7.70. The van der Waals surface area contributed by atoms with E-state index in [4.69, 9.17) is 5.11 Å². The topological polar surface area (TPSA) is 76.0 Å². The molecular weight excluding hydrogens is 374 g/mol. The Kier molecular flexibility index (Phi) is 6.52. The van der Waals surface area contributed by atoms with Gasteiger partial charge in [-0.2, -0.15) is 0 Å².